The van der Waals surface area contributed by atoms with Crippen LogP contribution >= 0.6 is 0 Å². The molecule has 1 aliphatic rings. The molecule has 0 aromatic carbocycles. The van der Waals surface area contributed by atoms with Crippen molar-refractivity contribution in [2.24, 2.45) is 0 Å². The molecule has 0 radical (unpaired) electrons. The SMILES string of the molecule is CCCC(C)(CCC)NC(=O)CN1CCCC1. The van der Waals surface area contributed by atoms with E-state index < -0.39 is 0 Å². The van der Waals surface area contributed by atoms with Gasteiger partial charge in [-0.3, -0.25) is 9.69 Å². The van der Waals surface area contributed by atoms with Crippen LogP contribution in [0, 0.1) is 0 Å². The summed E-state index contributed by atoms with van der Waals surface area (Å²) in [7, 11) is 0. The molecule has 0 atom stereocenters. The molecule has 0 saturated carbocycles. The highest BCUT2D eigenvalue weighted by Gasteiger charge is 2.25. The van der Waals surface area contributed by atoms with Crippen molar-refractivity contribution < 1.29 is 4.79 Å². The van der Waals surface area contributed by atoms with Gasteiger partial charge in [0.2, 0.25) is 5.91 Å². The lowest BCUT2D eigenvalue weighted by Crippen LogP contribution is -2.49. The largest absolute Gasteiger partial charge is 0.350 e. The van der Waals surface area contributed by atoms with Crippen LogP contribution in [0.15, 0.2) is 0 Å². The zero-order valence-corrected chi connectivity index (χ0v) is 11.7. The van der Waals surface area contributed by atoms with Crippen molar-refractivity contribution in [2.75, 3.05) is 19.6 Å². The molecule has 1 heterocycles. The van der Waals surface area contributed by atoms with E-state index in [2.05, 4.69) is 31.0 Å². The van der Waals surface area contributed by atoms with Gasteiger partial charge in [0.1, 0.15) is 0 Å². The first-order valence-corrected chi connectivity index (χ1v) is 7.13. The maximum absolute atomic E-state index is 12.0. The monoisotopic (exact) mass is 240 g/mol. The van der Waals surface area contributed by atoms with Crippen molar-refractivity contribution in [3.8, 4) is 0 Å². The lowest BCUT2D eigenvalue weighted by Gasteiger charge is -2.31. The molecule has 1 rings (SSSR count). The number of nitrogens with zero attached hydrogens (tertiary/aromatic N) is 1. The maximum Gasteiger partial charge on any atom is 0.234 e. The molecule has 3 nitrogen and oxygen atoms in total. The fourth-order valence-corrected chi connectivity index (χ4v) is 2.87. The standard InChI is InChI=1S/C14H28N2O/c1-4-8-14(3,9-5-2)15-13(17)12-16-10-6-7-11-16/h4-12H2,1-3H3,(H,15,17). The van der Waals surface area contributed by atoms with Crippen LogP contribution in [-0.2, 0) is 4.79 Å². The van der Waals surface area contributed by atoms with Gasteiger partial charge in [-0.2, -0.15) is 0 Å². The van der Waals surface area contributed by atoms with Crippen molar-refractivity contribution in [3.05, 3.63) is 0 Å². The Balaban J connectivity index is 2.39. The third kappa shape index (κ3) is 5.07. The van der Waals surface area contributed by atoms with Crippen LogP contribution in [0.4, 0.5) is 0 Å². The fraction of sp³-hybridized carbons (Fsp3) is 0.929. The molecule has 1 N–H and O–H groups in total. The minimum atomic E-state index is 0.000305. The van der Waals surface area contributed by atoms with E-state index in [1.165, 1.54) is 12.8 Å². The topological polar surface area (TPSA) is 32.3 Å². The molecule has 17 heavy (non-hydrogen) atoms. The summed E-state index contributed by atoms with van der Waals surface area (Å²) < 4.78 is 0. The van der Waals surface area contributed by atoms with Crippen LogP contribution < -0.4 is 5.32 Å². The fourth-order valence-electron chi connectivity index (χ4n) is 2.87. The summed E-state index contributed by atoms with van der Waals surface area (Å²) >= 11 is 0. The molecule has 0 unspecified atom stereocenters. The summed E-state index contributed by atoms with van der Waals surface area (Å²) in [6, 6.07) is 0. The highest BCUT2D eigenvalue weighted by atomic mass is 16.2. The Morgan fingerprint density at radius 1 is 1.18 bits per heavy atom. The van der Waals surface area contributed by atoms with Crippen molar-refractivity contribution in [1.82, 2.24) is 10.2 Å². The van der Waals surface area contributed by atoms with Gasteiger partial charge in [0.05, 0.1) is 6.54 Å². The third-order valence-corrected chi connectivity index (χ3v) is 3.61. The molecule has 3 heteroatoms. The van der Waals surface area contributed by atoms with Gasteiger partial charge in [0, 0.05) is 5.54 Å². The summed E-state index contributed by atoms with van der Waals surface area (Å²) in [4.78, 5) is 14.3. The minimum Gasteiger partial charge on any atom is -0.350 e. The van der Waals surface area contributed by atoms with Gasteiger partial charge in [0.15, 0.2) is 0 Å². The average Bonchev–Trinajstić information content (AvgIpc) is 2.70. The van der Waals surface area contributed by atoms with Crippen molar-refractivity contribution >= 4 is 5.91 Å². The Morgan fingerprint density at radius 2 is 1.71 bits per heavy atom. The molecule has 1 amide bonds. The van der Waals surface area contributed by atoms with Crippen LogP contribution in [0.5, 0.6) is 0 Å². The van der Waals surface area contributed by atoms with Crippen LogP contribution in [-0.4, -0.2) is 36.0 Å². The Bertz CT molecular complexity index is 228. The molecule has 0 aliphatic carbocycles. The minimum absolute atomic E-state index is 0.000305. The first-order chi connectivity index (χ1) is 8.09. The number of nitrogens with one attached hydrogen (secondary N) is 1. The Kier molecular flexibility index (Phi) is 5.96. The quantitative estimate of drug-likeness (QED) is 0.742. The van der Waals surface area contributed by atoms with Gasteiger partial charge in [-0.05, 0) is 45.7 Å². The van der Waals surface area contributed by atoms with Gasteiger partial charge in [-0.1, -0.05) is 26.7 Å². The average molecular weight is 240 g/mol. The Labute approximate surface area is 106 Å². The number of carbonyl (C=O) groups is 1. The van der Waals surface area contributed by atoms with Crippen molar-refractivity contribution in [1.29, 1.82) is 0 Å². The number of carbonyl (C=O) groups excluding carboxylic acids is 1. The molecule has 0 spiro atoms. The van der Waals surface area contributed by atoms with Crippen LogP contribution in [0.2, 0.25) is 0 Å². The van der Waals surface area contributed by atoms with E-state index in [0.717, 1.165) is 38.8 Å². The van der Waals surface area contributed by atoms with Gasteiger partial charge in [-0.15, -0.1) is 0 Å². The molecular weight excluding hydrogens is 212 g/mol. The normalized spacial score (nSPS) is 17.4. The zero-order chi connectivity index (χ0) is 12.7. The van der Waals surface area contributed by atoms with E-state index in [0.29, 0.717) is 6.54 Å². The molecule has 1 aliphatic heterocycles. The first kappa shape index (κ1) is 14.5. The molecule has 0 bridgehead atoms. The number of hydrogen-bond acceptors (Lipinski definition) is 2. The molecular formula is C14H28N2O. The zero-order valence-electron chi connectivity index (χ0n) is 11.7. The maximum atomic E-state index is 12.0. The first-order valence-electron chi connectivity index (χ1n) is 7.13. The summed E-state index contributed by atoms with van der Waals surface area (Å²) in [6.45, 7) is 9.31. The molecule has 0 aromatic rings. The summed E-state index contributed by atoms with van der Waals surface area (Å²) in [5.41, 5.74) is 0.000305. The summed E-state index contributed by atoms with van der Waals surface area (Å²) in [5, 5.41) is 3.24. The molecule has 0 aromatic heterocycles. The number of amides is 1. The molecule has 1 fully saturated rings. The van der Waals surface area contributed by atoms with Gasteiger partial charge in [0.25, 0.3) is 0 Å². The predicted octanol–water partition coefficient (Wildman–Crippen LogP) is 2.56. The number of hydrogen-bond donors (Lipinski definition) is 1. The van der Waals surface area contributed by atoms with Gasteiger partial charge < -0.3 is 5.32 Å². The highest BCUT2D eigenvalue weighted by molar-refractivity contribution is 5.78. The van der Waals surface area contributed by atoms with Crippen LogP contribution in [0.25, 0.3) is 0 Å². The molecule has 1 saturated heterocycles. The second-order valence-electron chi connectivity index (χ2n) is 5.59. The van der Waals surface area contributed by atoms with Crippen molar-refractivity contribution in [2.45, 2.75) is 64.8 Å². The molecule has 100 valence electrons. The summed E-state index contributed by atoms with van der Waals surface area (Å²) in [5.74, 6) is 0.205. The van der Waals surface area contributed by atoms with Gasteiger partial charge in [-0.25, -0.2) is 0 Å². The highest BCUT2D eigenvalue weighted by Crippen LogP contribution is 2.19. The summed E-state index contributed by atoms with van der Waals surface area (Å²) in [6.07, 6.45) is 6.89. The smallest absolute Gasteiger partial charge is 0.234 e. The van der Waals surface area contributed by atoms with E-state index >= 15 is 0 Å². The van der Waals surface area contributed by atoms with E-state index in [1.807, 2.05) is 0 Å². The second-order valence-corrected chi connectivity index (χ2v) is 5.59. The second kappa shape index (κ2) is 7.00. The lowest BCUT2D eigenvalue weighted by atomic mass is 9.91. The van der Waals surface area contributed by atoms with Gasteiger partial charge >= 0.3 is 0 Å². The van der Waals surface area contributed by atoms with E-state index in [4.69, 9.17) is 0 Å². The predicted molar refractivity (Wildman–Crippen MR) is 72.0 cm³/mol. The third-order valence-electron chi connectivity index (χ3n) is 3.61. The van der Waals surface area contributed by atoms with Crippen LogP contribution in [0.3, 0.4) is 0 Å². The van der Waals surface area contributed by atoms with E-state index in [1.54, 1.807) is 0 Å². The number of likely N-dealkylation sites (tertiary alicyclic amines) is 1. The van der Waals surface area contributed by atoms with Crippen molar-refractivity contribution in [3.63, 3.8) is 0 Å². The van der Waals surface area contributed by atoms with E-state index in [9.17, 15) is 4.79 Å². The lowest BCUT2D eigenvalue weighted by molar-refractivity contribution is -0.124. The Morgan fingerprint density at radius 3 is 2.18 bits per heavy atom. The Hall–Kier alpha value is -0.570. The van der Waals surface area contributed by atoms with Crippen LogP contribution in [0.1, 0.15) is 59.3 Å². The van der Waals surface area contributed by atoms with E-state index in [-0.39, 0.29) is 11.4 Å². The number of rotatable bonds is 7.